The number of nitrogens with one attached hydrogen (secondary N) is 1. The van der Waals surface area contributed by atoms with Gasteiger partial charge in [0, 0.05) is 6.54 Å². The van der Waals surface area contributed by atoms with E-state index in [1.807, 2.05) is 0 Å². The average molecular weight is 242 g/mol. The standard InChI is InChI=1S/C11H9F3N2O/c1-2-5-16-9-4-3-7(11(12,13)14)6-8(9)15-10(16)17/h2-4,6H,1,5H2,(H,15,17). The Balaban J connectivity index is 2.66. The van der Waals surface area contributed by atoms with E-state index in [9.17, 15) is 18.0 Å². The van der Waals surface area contributed by atoms with Crippen LogP contribution in [0.4, 0.5) is 13.2 Å². The van der Waals surface area contributed by atoms with E-state index in [1.165, 1.54) is 16.7 Å². The predicted molar refractivity (Wildman–Crippen MR) is 57.8 cm³/mol. The van der Waals surface area contributed by atoms with Crippen molar-refractivity contribution in [3.63, 3.8) is 0 Å². The number of allylic oxidation sites excluding steroid dienone is 1. The highest BCUT2D eigenvalue weighted by molar-refractivity contribution is 5.76. The lowest BCUT2D eigenvalue weighted by Gasteiger charge is -2.06. The Bertz CT molecular complexity index is 622. The summed E-state index contributed by atoms with van der Waals surface area (Å²) in [5.74, 6) is 0. The van der Waals surface area contributed by atoms with Crippen LogP contribution in [-0.2, 0) is 12.7 Å². The lowest BCUT2D eigenvalue weighted by atomic mass is 10.2. The summed E-state index contributed by atoms with van der Waals surface area (Å²) in [6.07, 6.45) is -2.90. The fraction of sp³-hybridized carbons (Fsp3) is 0.182. The summed E-state index contributed by atoms with van der Waals surface area (Å²) in [4.78, 5) is 13.9. The smallest absolute Gasteiger partial charge is 0.306 e. The monoisotopic (exact) mass is 242 g/mol. The summed E-state index contributed by atoms with van der Waals surface area (Å²) in [5, 5.41) is 0. The van der Waals surface area contributed by atoms with Gasteiger partial charge in [0.2, 0.25) is 0 Å². The maximum atomic E-state index is 12.5. The summed E-state index contributed by atoms with van der Waals surface area (Å²) in [6, 6.07) is 3.16. The highest BCUT2D eigenvalue weighted by Crippen LogP contribution is 2.30. The van der Waals surface area contributed by atoms with Crippen molar-refractivity contribution in [3.05, 3.63) is 46.9 Å². The van der Waals surface area contributed by atoms with Crippen LogP contribution in [0.1, 0.15) is 5.56 Å². The first kappa shape index (κ1) is 11.5. The number of imidazole rings is 1. The second kappa shape index (κ2) is 3.80. The van der Waals surface area contributed by atoms with Gasteiger partial charge in [0.05, 0.1) is 16.6 Å². The lowest BCUT2D eigenvalue weighted by molar-refractivity contribution is -0.137. The number of aromatic amines is 1. The summed E-state index contributed by atoms with van der Waals surface area (Å²) >= 11 is 0. The van der Waals surface area contributed by atoms with Gasteiger partial charge in [-0.05, 0) is 18.2 Å². The maximum Gasteiger partial charge on any atom is 0.416 e. The molecule has 1 heterocycles. The molecule has 0 saturated heterocycles. The van der Waals surface area contributed by atoms with Gasteiger partial charge in [0.15, 0.2) is 0 Å². The van der Waals surface area contributed by atoms with Crippen molar-refractivity contribution in [2.45, 2.75) is 12.7 Å². The first-order valence-electron chi connectivity index (χ1n) is 4.84. The van der Waals surface area contributed by atoms with Gasteiger partial charge in [0.25, 0.3) is 0 Å². The first-order chi connectivity index (χ1) is 7.93. The topological polar surface area (TPSA) is 37.8 Å². The van der Waals surface area contributed by atoms with E-state index in [1.54, 1.807) is 0 Å². The normalized spacial score (nSPS) is 11.9. The Hall–Kier alpha value is -1.98. The molecular formula is C11H9F3N2O. The Morgan fingerprint density at radius 3 is 2.71 bits per heavy atom. The first-order valence-corrected chi connectivity index (χ1v) is 4.84. The van der Waals surface area contributed by atoms with Gasteiger partial charge in [0.1, 0.15) is 0 Å². The number of aromatic nitrogens is 2. The molecule has 90 valence electrons. The number of fused-ring (bicyclic) bond motifs is 1. The third-order valence-corrected chi connectivity index (χ3v) is 2.41. The minimum absolute atomic E-state index is 0.173. The van der Waals surface area contributed by atoms with Crippen LogP contribution < -0.4 is 5.69 Å². The fourth-order valence-corrected chi connectivity index (χ4v) is 1.65. The molecule has 0 aliphatic carbocycles. The molecule has 6 heteroatoms. The molecule has 0 unspecified atom stereocenters. The van der Waals surface area contributed by atoms with Crippen LogP contribution in [-0.4, -0.2) is 9.55 Å². The van der Waals surface area contributed by atoms with Gasteiger partial charge in [-0.15, -0.1) is 6.58 Å². The van der Waals surface area contributed by atoms with Gasteiger partial charge in [-0.1, -0.05) is 6.08 Å². The maximum absolute atomic E-state index is 12.5. The van der Waals surface area contributed by atoms with Crippen LogP contribution in [0.5, 0.6) is 0 Å². The number of nitrogens with zero attached hydrogens (tertiary/aromatic N) is 1. The van der Waals surface area contributed by atoms with E-state index in [0.717, 1.165) is 12.1 Å². The highest BCUT2D eigenvalue weighted by Gasteiger charge is 2.30. The van der Waals surface area contributed by atoms with Crippen molar-refractivity contribution >= 4 is 11.0 Å². The molecule has 1 aromatic heterocycles. The lowest BCUT2D eigenvalue weighted by Crippen LogP contribution is -2.15. The molecule has 1 N–H and O–H groups in total. The zero-order valence-electron chi connectivity index (χ0n) is 8.71. The van der Waals surface area contributed by atoms with Crippen molar-refractivity contribution < 1.29 is 13.2 Å². The molecule has 0 spiro atoms. The second-order valence-electron chi connectivity index (χ2n) is 3.56. The SMILES string of the molecule is C=CCn1c(=O)[nH]c2cc(C(F)(F)F)ccc21. The molecule has 0 fully saturated rings. The van der Waals surface area contributed by atoms with Gasteiger partial charge >= 0.3 is 11.9 Å². The minimum Gasteiger partial charge on any atom is -0.306 e. The van der Waals surface area contributed by atoms with E-state index in [0.29, 0.717) is 5.52 Å². The van der Waals surface area contributed by atoms with Crippen LogP contribution in [0, 0.1) is 0 Å². The number of hydrogen-bond acceptors (Lipinski definition) is 1. The molecule has 2 rings (SSSR count). The zero-order chi connectivity index (χ0) is 12.6. The number of H-pyrrole nitrogens is 1. The van der Waals surface area contributed by atoms with Gasteiger partial charge in [-0.25, -0.2) is 4.79 Å². The quantitative estimate of drug-likeness (QED) is 0.807. The third kappa shape index (κ3) is 1.98. The molecule has 17 heavy (non-hydrogen) atoms. The Morgan fingerprint density at radius 1 is 1.41 bits per heavy atom. The largest absolute Gasteiger partial charge is 0.416 e. The van der Waals surface area contributed by atoms with E-state index >= 15 is 0 Å². The Morgan fingerprint density at radius 2 is 2.12 bits per heavy atom. The summed E-state index contributed by atoms with van der Waals surface area (Å²) in [6.45, 7) is 3.74. The molecule has 0 saturated carbocycles. The molecule has 0 radical (unpaired) electrons. The highest BCUT2D eigenvalue weighted by atomic mass is 19.4. The molecule has 1 aromatic carbocycles. The van der Waals surface area contributed by atoms with Crippen molar-refractivity contribution in [1.82, 2.24) is 9.55 Å². The molecule has 2 aromatic rings. The summed E-state index contributed by atoms with van der Waals surface area (Å²) in [7, 11) is 0. The Labute approximate surface area is 94.2 Å². The van der Waals surface area contributed by atoms with Gasteiger partial charge in [-0.2, -0.15) is 13.2 Å². The van der Waals surface area contributed by atoms with Crippen molar-refractivity contribution in [1.29, 1.82) is 0 Å². The van der Waals surface area contributed by atoms with Crippen molar-refractivity contribution in [2.75, 3.05) is 0 Å². The number of rotatable bonds is 2. The molecule has 0 amide bonds. The van der Waals surface area contributed by atoms with E-state index < -0.39 is 17.4 Å². The van der Waals surface area contributed by atoms with Crippen molar-refractivity contribution in [2.24, 2.45) is 0 Å². The van der Waals surface area contributed by atoms with Crippen LogP contribution in [0.15, 0.2) is 35.6 Å². The van der Waals surface area contributed by atoms with E-state index in [4.69, 9.17) is 0 Å². The predicted octanol–water partition coefficient (Wildman–Crippen LogP) is 2.53. The average Bonchev–Trinajstić information content (AvgIpc) is 2.54. The number of benzene rings is 1. The van der Waals surface area contributed by atoms with E-state index in [2.05, 4.69) is 11.6 Å². The zero-order valence-corrected chi connectivity index (χ0v) is 8.71. The number of halogens is 3. The molecule has 0 aliphatic rings. The molecule has 0 aliphatic heterocycles. The second-order valence-corrected chi connectivity index (χ2v) is 3.56. The molecular weight excluding hydrogens is 233 g/mol. The number of hydrogen-bond donors (Lipinski definition) is 1. The fourth-order valence-electron chi connectivity index (χ4n) is 1.65. The van der Waals surface area contributed by atoms with Crippen LogP contribution >= 0.6 is 0 Å². The summed E-state index contributed by atoms with van der Waals surface area (Å²) < 4.78 is 38.7. The number of alkyl halides is 3. The van der Waals surface area contributed by atoms with Crippen LogP contribution in [0.2, 0.25) is 0 Å². The van der Waals surface area contributed by atoms with Crippen LogP contribution in [0.3, 0.4) is 0 Å². The minimum atomic E-state index is -4.41. The van der Waals surface area contributed by atoms with Gasteiger partial charge < -0.3 is 4.98 Å². The van der Waals surface area contributed by atoms with Gasteiger partial charge in [-0.3, -0.25) is 4.57 Å². The van der Waals surface area contributed by atoms with Crippen molar-refractivity contribution in [3.8, 4) is 0 Å². The Kier molecular flexibility index (Phi) is 2.57. The molecule has 0 bridgehead atoms. The molecule has 0 atom stereocenters. The third-order valence-electron chi connectivity index (χ3n) is 2.41. The van der Waals surface area contributed by atoms with Crippen LogP contribution in [0.25, 0.3) is 11.0 Å². The molecule has 3 nitrogen and oxygen atoms in total. The van der Waals surface area contributed by atoms with E-state index in [-0.39, 0.29) is 12.1 Å². The summed E-state index contributed by atoms with van der Waals surface area (Å²) in [5.41, 5.74) is -0.620.